The number of esters is 1. The van der Waals surface area contributed by atoms with Crippen LogP contribution in [0.15, 0.2) is 40.8 Å². The van der Waals surface area contributed by atoms with E-state index in [0.717, 1.165) is 6.26 Å². The Balaban J connectivity index is 1.47. The van der Waals surface area contributed by atoms with Gasteiger partial charge in [-0.15, -0.1) is 0 Å². The monoisotopic (exact) mass is 679 g/mol. The molecule has 0 radical (unpaired) electrons. The molecule has 1 N–H and O–H groups in total. The molecule has 15 heteroatoms. The highest BCUT2D eigenvalue weighted by atomic mass is 32.2. The van der Waals surface area contributed by atoms with Gasteiger partial charge in [-0.05, 0) is 44.3 Å². The van der Waals surface area contributed by atoms with Crippen molar-refractivity contribution in [3.63, 3.8) is 0 Å². The molecule has 2 heterocycles. The van der Waals surface area contributed by atoms with Gasteiger partial charge < -0.3 is 33.4 Å². The average molecular weight is 680 g/mol. The summed E-state index contributed by atoms with van der Waals surface area (Å²) in [4.78, 5) is 27.4. The Hall–Kier alpha value is -3.60. The fraction of sp³-hybridized carbons (Fsp3) is 0.500. The van der Waals surface area contributed by atoms with Gasteiger partial charge in [-0.2, -0.15) is 0 Å². The number of benzene rings is 2. The van der Waals surface area contributed by atoms with Crippen LogP contribution in [0.4, 0.5) is 10.1 Å². The number of fused-ring (bicyclic) bond motifs is 2. The minimum atomic E-state index is -3.84. The molecule has 1 aromatic heterocycles. The number of carbonyl (C=O) groups is 2. The van der Waals surface area contributed by atoms with Crippen molar-refractivity contribution < 1.29 is 50.5 Å². The second-order valence-corrected chi connectivity index (χ2v) is 13.0. The summed E-state index contributed by atoms with van der Waals surface area (Å²) in [6.07, 6.45) is -0.364. The highest BCUT2D eigenvalue weighted by Crippen LogP contribution is 2.42. The van der Waals surface area contributed by atoms with Crippen LogP contribution in [-0.2, 0) is 38.5 Å². The van der Waals surface area contributed by atoms with E-state index in [2.05, 4.69) is 5.32 Å². The third-order valence-electron chi connectivity index (χ3n) is 7.52. The topological polar surface area (TPSA) is 146 Å². The van der Waals surface area contributed by atoms with Gasteiger partial charge in [-0.25, -0.2) is 12.8 Å². The first-order valence-electron chi connectivity index (χ1n) is 15.1. The average Bonchev–Trinajstić information content (AvgIpc) is 3.33. The Labute approximate surface area is 273 Å². The Kier molecular flexibility index (Phi) is 12.7. The van der Waals surface area contributed by atoms with E-state index in [1.165, 1.54) is 35.6 Å². The van der Waals surface area contributed by atoms with Crippen LogP contribution in [0.3, 0.4) is 0 Å². The van der Waals surface area contributed by atoms with Crippen LogP contribution in [0.25, 0.3) is 22.3 Å². The van der Waals surface area contributed by atoms with Gasteiger partial charge in [0.2, 0.25) is 10.0 Å². The molecule has 1 amide bonds. The maximum atomic E-state index is 13.6. The largest absolute Gasteiger partial charge is 0.462 e. The summed E-state index contributed by atoms with van der Waals surface area (Å²) in [6.45, 7) is 4.22. The lowest BCUT2D eigenvalue weighted by Crippen LogP contribution is -2.39. The van der Waals surface area contributed by atoms with Crippen LogP contribution in [0.1, 0.15) is 28.9 Å². The molecule has 0 spiro atoms. The molecular weight excluding hydrogens is 637 g/mol. The predicted molar refractivity (Wildman–Crippen MR) is 172 cm³/mol. The first kappa shape index (κ1) is 36.2. The van der Waals surface area contributed by atoms with E-state index in [4.69, 9.17) is 28.1 Å². The summed E-state index contributed by atoms with van der Waals surface area (Å²) in [5.41, 5.74) is 1.77. The fourth-order valence-electron chi connectivity index (χ4n) is 5.16. The molecule has 0 saturated carbocycles. The molecule has 4 rings (SSSR count). The number of hydrogen-bond donors (Lipinski definition) is 1. The Bertz CT molecular complexity index is 1630. The van der Waals surface area contributed by atoms with E-state index in [1.54, 1.807) is 38.1 Å². The van der Waals surface area contributed by atoms with Crippen LogP contribution in [0, 0.1) is 5.82 Å². The summed E-state index contributed by atoms with van der Waals surface area (Å²) < 4.78 is 74.6. The number of amides is 1. The number of methoxy groups -OCH3 is 1. The zero-order valence-electron chi connectivity index (χ0n) is 27.2. The second-order valence-electron chi connectivity index (χ2n) is 11.1. The van der Waals surface area contributed by atoms with Gasteiger partial charge in [0.15, 0.2) is 0 Å². The number of halogens is 1. The van der Waals surface area contributed by atoms with Crippen molar-refractivity contribution in [1.29, 1.82) is 0 Å². The maximum absolute atomic E-state index is 13.6. The minimum Gasteiger partial charge on any atom is -0.462 e. The Morgan fingerprint density at radius 2 is 1.77 bits per heavy atom. The number of furan rings is 1. The normalized spacial score (nSPS) is 16.7. The molecular formula is C32H42FN3O10S. The van der Waals surface area contributed by atoms with Gasteiger partial charge >= 0.3 is 5.97 Å². The van der Waals surface area contributed by atoms with Crippen LogP contribution in [0.5, 0.6) is 0 Å². The van der Waals surface area contributed by atoms with Gasteiger partial charge in [0.05, 0.1) is 69.7 Å². The lowest BCUT2D eigenvalue weighted by molar-refractivity contribution is -0.150. The molecule has 1 aliphatic heterocycles. The summed E-state index contributed by atoms with van der Waals surface area (Å²) in [7, 11) is 1.01. The van der Waals surface area contributed by atoms with Crippen LogP contribution in [-0.4, -0.2) is 118 Å². The van der Waals surface area contributed by atoms with Crippen LogP contribution < -0.4 is 9.62 Å². The second kappa shape index (κ2) is 16.5. The highest BCUT2D eigenvalue weighted by Gasteiger charge is 2.34. The van der Waals surface area contributed by atoms with E-state index in [9.17, 15) is 22.4 Å². The summed E-state index contributed by atoms with van der Waals surface area (Å²) in [5.74, 6) is -1.16. The molecule has 47 heavy (non-hydrogen) atoms. The van der Waals surface area contributed by atoms with Crippen LogP contribution in [0.2, 0.25) is 0 Å². The third-order valence-corrected chi connectivity index (χ3v) is 8.67. The minimum absolute atomic E-state index is 0.00103. The number of nitrogens with one attached hydrogen (secondary N) is 1. The highest BCUT2D eigenvalue weighted by molar-refractivity contribution is 7.92. The van der Waals surface area contributed by atoms with E-state index >= 15 is 0 Å². The van der Waals surface area contributed by atoms with Crippen molar-refractivity contribution in [3.05, 3.63) is 53.3 Å². The molecule has 2 atom stereocenters. The van der Waals surface area contributed by atoms with Crippen molar-refractivity contribution in [3.8, 4) is 11.3 Å². The quantitative estimate of drug-likeness (QED) is 0.176. The molecule has 2 aromatic carbocycles. The van der Waals surface area contributed by atoms with Crippen molar-refractivity contribution >= 4 is 38.6 Å². The molecule has 0 aliphatic carbocycles. The molecule has 0 fully saturated rings. The fourth-order valence-corrected chi connectivity index (χ4v) is 6.11. The van der Waals surface area contributed by atoms with Crippen molar-refractivity contribution in [1.82, 2.24) is 10.2 Å². The zero-order chi connectivity index (χ0) is 34.1. The number of ether oxygens (including phenoxy) is 5. The number of hydrogen-bond acceptors (Lipinski definition) is 11. The van der Waals surface area contributed by atoms with Gasteiger partial charge in [-0.1, -0.05) is 0 Å². The predicted octanol–water partition coefficient (Wildman–Crippen LogP) is 2.98. The van der Waals surface area contributed by atoms with Gasteiger partial charge in [0, 0.05) is 43.3 Å². The van der Waals surface area contributed by atoms with Crippen molar-refractivity contribution in [2.45, 2.75) is 19.1 Å². The number of likely N-dealkylation sites (N-methyl/N-ethyl adjacent to an activating group) is 1. The lowest BCUT2D eigenvalue weighted by Gasteiger charge is -2.25. The lowest BCUT2D eigenvalue weighted by atomic mass is 10.0. The molecule has 0 unspecified atom stereocenters. The molecule has 0 saturated heterocycles. The molecule has 1 aliphatic rings. The maximum Gasteiger partial charge on any atom is 0.320 e. The Morgan fingerprint density at radius 1 is 1.09 bits per heavy atom. The van der Waals surface area contributed by atoms with Crippen LogP contribution >= 0.6 is 0 Å². The number of sulfonamides is 1. The molecule has 258 valence electrons. The van der Waals surface area contributed by atoms with Gasteiger partial charge in [-0.3, -0.25) is 18.8 Å². The number of rotatable bonds is 16. The number of carbonyl (C=O) groups excluding carboxylic acids is 2. The summed E-state index contributed by atoms with van der Waals surface area (Å²) >= 11 is 0. The molecule has 13 nitrogen and oxygen atoms in total. The zero-order valence-corrected chi connectivity index (χ0v) is 28.1. The third kappa shape index (κ3) is 9.49. The number of anilines is 1. The Morgan fingerprint density at radius 3 is 2.43 bits per heavy atom. The number of nitrogens with zero attached hydrogens (tertiary/aromatic N) is 2. The molecule has 3 aromatic rings. The van der Waals surface area contributed by atoms with E-state index in [-0.39, 0.29) is 36.6 Å². The molecule has 0 bridgehead atoms. The summed E-state index contributed by atoms with van der Waals surface area (Å²) in [5, 5.41) is 3.04. The first-order valence-corrected chi connectivity index (χ1v) is 17.0. The SMILES string of the molecule is CNC(=O)c1c(-c2ccc(F)cc2)oc2cc3c(cc12)[C@H](C)O[C@H](COC(=O)CN(C)CCOCCOCCOC)CN3S(C)(=O)=O. The van der Waals surface area contributed by atoms with E-state index < -0.39 is 39.9 Å². The standard InChI is InChI=1S/C32H42FN3O10S/c1-21-25-16-26-28(46-31(30(26)32(38)34-2)22-6-8-23(33)9-7-22)17-27(25)36(47(5,39)40)18-24(45-21)20-44-29(37)19-35(3)10-11-42-14-15-43-13-12-41-4/h6-9,16-17,21,24H,10-15,18-20H2,1-5H3,(H,34,38)/t21-,24-/m0/s1. The van der Waals surface area contributed by atoms with Gasteiger partial charge in [0.1, 0.15) is 29.9 Å². The van der Waals surface area contributed by atoms with E-state index in [1.807, 2.05) is 0 Å². The first-order chi connectivity index (χ1) is 22.4. The van der Waals surface area contributed by atoms with Gasteiger partial charge in [0.25, 0.3) is 5.91 Å². The van der Waals surface area contributed by atoms with Crippen molar-refractivity contribution in [2.24, 2.45) is 0 Å². The van der Waals surface area contributed by atoms with E-state index in [0.29, 0.717) is 61.8 Å². The smallest absolute Gasteiger partial charge is 0.320 e. The van der Waals surface area contributed by atoms with Crippen molar-refractivity contribution in [2.75, 3.05) is 91.0 Å². The summed E-state index contributed by atoms with van der Waals surface area (Å²) in [6, 6.07) is 8.75.